The van der Waals surface area contributed by atoms with Crippen molar-refractivity contribution in [3.63, 3.8) is 0 Å². The first kappa shape index (κ1) is 19.1. The van der Waals surface area contributed by atoms with Crippen molar-refractivity contribution < 1.29 is 19.1 Å². The molecule has 0 radical (unpaired) electrons. The van der Waals surface area contributed by atoms with Crippen molar-refractivity contribution >= 4 is 40.6 Å². The largest absolute Gasteiger partial charge is 0.465 e. The van der Waals surface area contributed by atoms with Gasteiger partial charge in [0.25, 0.3) is 11.1 Å². The number of hydrogen-bond acceptors (Lipinski definition) is 6. The predicted molar refractivity (Wildman–Crippen MR) is 99.3 cm³/mol. The lowest BCUT2D eigenvalue weighted by molar-refractivity contribution is -0.145. The molecule has 0 spiro atoms. The zero-order chi connectivity index (χ0) is 18.4. The molecular weight excluding hydrogens is 340 g/mol. The summed E-state index contributed by atoms with van der Waals surface area (Å²) in [5.41, 5.74) is 1.94. The Hall–Kier alpha value is -2.28. The number of hydrogen-bond donors (Lipinski definition) is 0. The number of imide groups is 1. The van der Waals surface area contributed by atoms with Crippen LogP contribution in [0.25, 0.3) is 6.08 Å². The third-order valence-electron chi connectivity index (χ3n) is 3.79. The van der Waals surface area contributed by atoms with Gasteiger partial charge in [-0.25, -0.2) is 0 Å². The van der Waals surface area contributed by atoms with E-state index in [0.29, 0.717) is 4.91 Å². The number of esters is 1. The monoisotopic (exact) mass is 362 g/mol. The molecule has 0 atom stereocenters. The van der Waals surface area contributed by atoms with Crippen molar-refractivity contribution in [2.75, 3.05) is 31.1 Å². The van der Waals surface area contributed by atoms with Crippen molar-refractivity contribution in [1.29, 1.82) is 0 Å². The minimum Gasteiger partial charge on any atom is -0.465 e. The van der Waals surface area contributed by atoms with E-state index in [1.807, 2.05) is 24.3 Å². The summed E-state index contributed by atoms with van der Waals surface area (Å²) in [4.78, 5) is 39.2. The molecule has 0 unspecified atom stereocenters. The number of anilines is 1. The van der Waals surface area contributed by atoms with Crippen molar-refractivity contribution in [3.8, 4) is 0 Å². The molecule has 6 nitrogen and oxygen atoms in total. The molecule has 1 aromatic carbocycles. The van der Waals surface area contributed by atoms with Crippen LogP contribution in [0, 0.1) is 0 Å². The molecular formula is C18H22N2O4S. The molecule has 2 amide bonds. The molecule has 1 fully saturated rings. The lowest BCUT2D eigenvalue weighted by atomic mass is 10.1. The van der Waals surface area contributed by atoms with Crippen molar-refractivity contribution in [3.05, 3.63) is 34.7 Å². The van der Waals surface area contributed by atoms with Gasteiger partial charge in [-0.1, -0.05) is 12.1 Å². The van der Waals surface area contributed by atoms with Crippen LogP contribution >= 0.6 is 11.8 Å². The number of rotatable bonds is 7. The van der Waals surface area contributed by atoms with E-state index in [1.165, 1.54) is 0 Å². The molecule has 1 aliphatic heterocycles. The fraction of sp³-hybridized carbons (Fsp3) is 0.389. The average molecular weight is 362 g/mol. The van der Waals surface area contributed by atoms with Crippen LogP contribution in [-0.2, 0) is 14.3 Å². The number of carbonyl (C=O) groups is 3. The maximum atomic E-state index is 12.3. The van der Waals surface area contributed by atoms with Gasteiger partial charge in [-0.05, 0) is 56.3 Å². The quantitative estimate of drug-likeness (QED) is 0.548. The second kappa shape index (κ2) is 8.71. The number of nitrogens with zero attached hydrogens (tertiary/aromatic N) is 2. The zero-order valence-electron chi connectivity index (χ0n) is 14.7. The third kappa shape index (κ3) is 4.63. The van der Waals surface area contributed by atoms with Crippen molar-refractivity contribution in [2.45, 2.75) is 20.8 Å². The lowest BCUT2D eigenvalue weighted by Crippen LogP contribution is -2.34. The number of carbonyl (C=O) groups excluding carboxylic acids is 3. The zero-order valence-corrected chi connectivity index (χ0v) is 15.5. The molecule has 1 aromatic rings. The first-order valence-corrected chi connectivity index (χ1v) is 9.07. The summed E-state index contributed by atoms with van der Waals surface area (Å²) in [5.74, 6) is -1.05. The number of ether oxygens (including phenoxy) is 1. The Bertz CT molecular complexity index is 681. The summed E-state index contributed by atoms with van der Waals surface area (Å²) in [6.07, 6.45) is 1.67. The molecule has 2 rings (SSSR count). The smallest absolute Gasteiger partial charge is 0.326 e. The molecule has 0 aliphatic carbocycles. The van der Waals surface area contributed by atoms with E-state index in [9.17, 15) is 14.4 Å². The first-order chi connectivity index (χ1) is 12.0. The number of amides is 2. The Labute approximate surface area is 151 Å². The molecule has 1 saturated heterocycles. The van der Waals surface area contributed by atoms with Crippen LogP contribution in [0.5, 0.6) is 0 Å². The highest BCUT2D eigenvalue weighted by atomic mass is 32.2. The van der Waals surface area contributed by atoms with E-state index >= 15 is 0 Å². The summed E-state index contributed by atoms with van der Waals surface area (Å²) in [7, 11) is 0. The Kier molecular flexibility index (Phi) is 6.64. The maximum Gasteiger partial charge on any atom is 0.326 e. The van der Waals surface area contributed by atoms with Crippen molar-refractivity contribution in [2.24, 2.45) is 0 Å². The van der Waals surface area contributed by atoms with E-state index in [-0.39, 0.29) is 13.2 Å². The van der Waals surface area contributed by atoms with Crippen LogP contribution in [0.15, 0.2) is 29.2 Å². The van der Waals surface area contributed by atoms with E-state index in [1.54, 1.807) is 13.0 Å². The van der Waals surface area contributed by atoms with Gasteiger partial charge in [-0.2, -0.15) is 0 Å². The Balaban J connectivity index is 2.12. The minimum atomic E-state index is -0.588. The maximum absolute atomic E-state index is 12.3. The summed E-state index contributed by atoms with van der Waals surface area (Å²) >= 11 is 0.837. The van der Waals surface area contributed by atoms with Gasteiger partial charge in [0.05, 0.1) is 11.5 Å². The molecule has 0 N–H and O–H groups in total. The highest BCUT2D eigenvalue weighted by Crippen LogP contribution is 2.32. The van der Waals surface area contributed by atoms with Crippen LogP contribution in [0.4, 0.5) is 10.5 Å². The second-order valence-electron chi connectivity index (χ2n) is 5.34. The van der Waals surface area contributed by atoms with E-state index in [2.05, 4.69) is 18.7 Å². The normalized spacial score (nSPS) is 15.8. The molecule has 7 heteroatoms. The van der Waals surface area contributed by atoms with Gasteiger partial charge in [0.1, 0.15) is 6.54 Å². The van der Waals surface area contributed by atoms with Gasteiger partial charge in [0.2, 0.25) is 0 Å². The van der Waals surface area contributed by atoms with Crippen molar-refractivity contribution in [1.82, 2.24) is 4.90 Å². The molecule has 0 saturated carbocycles. The molecule has 1 aliphatic rings. The van der Waals surface area contributed by atoms with Crippen LogP contribution < -0.4 is 4.90 Å². The summed E-state index contributed by atoms with van der Waals surface area (Å²) < 4.78 is 4.79. The third-order valence-corrected chi connectivity index (χ3v) is 4.69. The van der Waals surface area contributed by atoms with Crippen LogP contribution in [-0.4, -0.2) is 48.3 Å². The molecule has 0 aromatic heterocycles. The van der Waals surface area contributed by atoms with Gasteiger partial charge in [-0.15, -0.1) is 0 Å². The van der Waals surface area contributed by atoms with Crippen LogP contribution in [0.3, 0.4) is 0 Å². The number of thioether (sulfide) groups is 1. The van der Waals surface area contributed by atoms with E-state index < -0.39 is 17.1 Å². The van der Waals surface area contributed by atoms with E-state index in [0.717, 1.165) is 41.0 Å². The highest BCUT2D eigenvalue weighted by molar-refractivity contribution is 8.18. The summed E-state index contributed by atoms with van der Waals surface area (Å²) in [6, 6.07) is 7.79. The van der Waals surface area contributed by atoms with Gasteiger partial charge in [0, 0.05) is 18.8 Å². The van der Waals surface area contributed by atoms with Gasteiger partial charge in [-0.3, -0.25) is 19.3 Å². The Morgan fingerprint density at radius 2 is 1.80 bits per heavy atom. The molecule has 134 valence electrons. The van der Waals surface area contributed by atoms with Gasteiger partial charge in [0.15, 0.2) is 0 Å². The Morgan fingerprint density at radius 1 is 1.16 bits per heavy atom. The SMILES string of the molecule is CCOC(=O)CN1C(=O)SC(=Cc2ccc(N(CC)CC)cc2)C1=O. The Morgan fingerprint density at radius 3 is 2.36 bits per heavy atom. The predicted octanol–water partition coefficient (Wildman–Crippen LogP) is 3.13. The highest BCUT2D eigenvalue weighted by Gasteiger charge is 2.36. The topological polar surface area (TPSA) is 66.9 Å². The first-order valence-electron chi connectivity index (χ1n) is 8.26. The summed E-state index contributed by atoms with van der Waals surface area (Å²) in [6.45, 7) is 7.56. The van der Waals surface area contributed by atoms with Gasteiger partial charge >= 0.3 is 5.97 Å². The summed E-state index contributed by atoms with van der Waals surface area (Å²) in [5, 5.41) is -0.455. The average Bonchev–Trinajstić information content (AvgIpc) is 2.85. The molecule has 1 heterocycles. The standard InChI is InChI=1S/C18H22N2O4S/c1-4-19(5-2)14-9-7-13(8-10-14)11-15-17(22)20(18(23)25-15)12-16(21)24-6-3/h7-11H,4-6,12H2,1-3H3. The lowest BCUT2D eigenvalue weighted by Gasteiger charge is -2.20. The van der Waals surface area contributed by atoms with E-state index in [4.69, 9.17) is 4.74 Å². The fourth-order valence-electron chi connectivity index (χ4n) is 2.49. The fourth-order valence-corrected chi connectivity index (χ4v) is 3.33. The second-order valence-corrected chi connectivity index (χ2v) is 6.33. The van der Waals surface area contributed by atoms with Crippen LogP contribution in [0.2, 0.25) is 0 Å². The minimum absolute atomic E-state index is 0.212. The van der Waals surface area contributed by atoms with Crippen LogP contribution in [0.1, 0.15) is 26.3 Å². The molecule has 25 heavy (non-hydrogen) atoms. The van der Waals surface area contributed by atoms with Gasteiger partial charge < -0.3 is 9.64 Å². The molecule has 0 bridgehead atoms. The number of benzene rings is 1.